The van der Waals surface area contributed by atoms with E-state index in [1.807, 2.05) is 13.8 Å². The summed E-state index contributed by atoms with van der Waals surface area (Å²) < 4.78 is 1.61. The average molecular weight is 323 g/mol. The van der Waals surface area contributed by atoms with E-state index >= 15 is 0 Å². The van der Waals surface area contributed by atoms with Gasteiger partial charge in [0.25, 0.3) is 5.56 Å². The molecule has 1 N–H and O–H groups in total. The van der Waals surface area contributed by atoms with Gasteiger partial charge in [-0.2, -0.15) is 0 Å². The van der Waals surface area contributed by atoms with Crippen molar-refractivity contribution < 1.29 is 4.79 Å². The van der Waals surface area contributed by atoms with Crippen molar-refractivity contribution >= 4 is 39.2 Å². The molecule has 0 spiro atoms. The predicted octanol–water partition coefficient (Wildman–Crippen LogP) is 1.98. The first-order valence-corrected chi connectivity index (χ1v) is 8.66. The molecule has 112 valence electrons. The fourth-order valence-electron chi connectivity index (χ4n) is 2.46. The van der Waals surface area contributed by atoms with Crippen LogP contribution in [0.25, 0.3) is 10.2 Å². The molecule has 1 saturated heterocycles. The average Bonchev–Trinajstić information content (AvgIpc) is 2.97. The Balaban J connectivity index is 1.90. The number of amides is 1. The first kappa shape index (κ1) is 14.6. The number of aromatic nitrogens is 2. The second-order valence-electron chi connectivity index (χ2n) is 5.34. The van der Waals surface area contributed by atoms with Crippen LogP contribution >= 0.6 is 23.1 Å². The third kappa shape index (κ3) is 2.60. The summed E-state index contributed by atoms with van der Waals surface area (Å²) in [6, 6.07) is 0.182. The molecule has 0 aliphatic carbocycles. The van der Waals surface area contributed by atoms with Crippen molar-refractivity contribution in [3.05, 3.63) is 20.8 Å². The number of thiophene rings is 1. The lowest BCUT2D eigenvalue weighted by atomic mass is 10.2. The molecule has 1 amide bonds. The summed E-state index contributed by atoms with van der Waals surface area (Å²) in [5.41, 5.74) is 1.04. The number of hydrogen-bond donors (Lipinski definition) is 1. The summed E-state index contributed by atoms with van der Waals surface area (Å²) in [6.45, 7) is 3.99. The Kier molecular flexibility index (Phi) is 3.79. The highest BCUT2D eigenvalue weighted by atomic mass is 32.2. The van der Waals surface area contributed by atoms with Crippen LogP contribution in [0.1, 0.15) is 23.3 Å². The van der Waals surface area contributed by atoms with Gasteiger partial charge in [0.2, 0.25) is 5.91 Å². The lowest BCUT2D eigenvalue weighted by molar-refractivity contribution is -0.119. The number of aryl methyl sites for hydroxylation is 2. The second-order valence-corrected chi connectivity index (χ2v) is 7.53. The molecular weight excluding hydrogens is 306 g/mol. The van der Waals surface area contributed by atoms with Crippen LogP contribution in [0.4, 0.5) is 0 Å². The van der Waals surface area contributed by atoms with E-state index in [2.05, 4.69) is 10.3 Å². The molecule has 3 rings (SSSR count). The molecule has 1 aliphatic rings. The molecule has 1 aliphatic heterocycles. The maximum atomic E-state index is 12.5. The Hall–Kier alpha value is -1.34. The van der Waals surface area contributed by atoms with E-state index in [9.17, 15) is 9.59 Å². The zero-order chi connectivity index (χ0) is 15.1. The number of hydrogen-bond acceptors (Lipinski definition) is 5. The van der Waals surface area contributed by atoms with Gasteiger partial charge < -0.3 is 5.32 Å². The van der Waals surface area contributed by atoms with Crippen LogP contribution in [0, 0.1) is 13.8 Å². The number of fused-ring (bicyclic) bond motifs is 1. The largest absolute Gasteiger partial charge is 0.353 e. The van der Waals surface area contributed by atoms with Crippen molar-refractivity contribution in [1.29, 1.82) is 0 Å². The number of nitrogens with zero attached hydrogens (tertiary/aromatic N) is 2. The Morgan fingerprint density at radius 1 is 1.43 bits per heavy atom. The van der Waals surface area contributed by atoms with Crippen LogP contribution in [0.5, 0.6) is 0 Å². The third-order valence-corrected chi connectivity index (χ3v) is 6.16. The molecule has 0 bridgehead atoms. The minimum absolute atomic E-state index is 0.0137. The maximum absolute atomic E-state index is 12.5. The number of rotatable bonds is 3. The zero-order valence-corrected chi connectivity index (χ0v) is 13.9. The highest BCUT2D eigenvalue weighted by molar-refractivity contribution is 7.99. The van der Waals surface area contributed by atoms with Crippen molar-refractivity contribution in [3.8, 4) is 0 Å². The minimum atomic E-state index is 0.0137. The molecule has 0 aromatic carbocycles. The van der Waals surface area contributed by atoms with E-state index in [0.29, 0.717) is 6.42 Å². The molecule has 2 aromatic rings. The van der Waals surface area contributed by atoms with Crippen molar-refractivity contribution in [3.63, 3.8) is 0 Å². The highest BCUT2D eigenvalue weighted by Crippen LogP contribution is 2.28. The molecule has 2 aromatic heterocycles. The lowest BCUT2D eigenvalue weighted by Crippen LogP contribution is -2.28. The van der Waals surface area contributed by atoms with E-state index in [1.54, 1.807) is 23.0 Å². The van der Waals surface area contributed by atoms with Gasteiger partial charge in [-0.1, -0.05) is 11.8 Å². The van der Waals surface area contributed by atoms with Gasteiger partial charge in [-0.25, -0.2) is 4.98 Å². The van der Waals surface area contributed by atoms with Crippen LogP contribution in [0.3, 0.4) is 0 Å². The Morgan fingerprint density at radius 3 is 2.86 bits per heavy atom. The van der Waals surface area contributed by atoms with Gasteiger partial charge in [0.15, 0.2) is 5.16 Å². The van der Waals surface area contributed by atoms with Crippen LogP contribution in [0.2, 0.25) is 0 Å². The molecule has 5 nitrogen and oxygen atoms in total. The quantitative estimate of drug-likeness (QED) is 0.693. The summed E-state index contributed by atoms with van der Waals surface area (Å²) in [6.07, 6.45) is 1.46. The van der Waals surface area contributed by atoms with Crippen molar-refractivity contribution in [1.82, 2.24) is 14.9 Å². The maximum Gasteiger partial charge on any atom is 0.262 e. The monoisotopic (exact) mass is 323 g/mol. The van der Waals surface area contributed by atoms with Gasteiger partial charge in [0.05, 0.1) is 5.39 Å². The summed E-state index contributed by atoms with van der Waals surface area (Å²) in [4.78, 5) is 30.3. The molecule has 7 heteroatoms. The van der Waals surface area contributed by atoms with Gasteiger partial charge in [-0.15, -0.1) is 11.3 Å². The molecule has 3 heterocycles. The van der Waals surface area contributed by atoms with Crippen LogP contribution in [0.15, 0.2) is 9.95 Å². The van der Waals surface area contributed by atoms with E-state index < -0.39 is 0 Å². The van der Waals surface area contributed by atoms with Crippen molar-refractivity contribution in [2.45, 2.75) is 37.9 Å². The Bertz CT molecular complexity index is 779. The van der Waals surface area contributed by atoms with E-state index in [1.165, 1.54) is 11.8 Å². The van der Waals surface area contributed by atoms with Gasteiger partial charge in [-0.05, 0) is 25.8 Å². The number of carbonyl (C=O) groups excluding carboxylic acids is 1. The Morgan fingerprint density at radius 2 is 2.19 bits per heavy atom. The first-order chi connectivity index (χ1) is 9.97. The van der Waals surface area contributed by atoms with Crippen LogP contribution in [-0.4, -0.2) is 27.3 Å². The van der Waals surface area contributed by atoms with Crippen molar-refractivity contribution in [2.75, 3.05) is 5.75 Å². The fraction of sp³-hybridized carbons (Fsp3) is 0.500. The topological polar surface area (TPSA) is 64.0 Å². The normalized spacial score (nSPS) is 18.4. The molecular formula is C14H17N3O2S2. The van der Waals surface area contributed by atoms with Gasteiger partial charge >= 0.3 is 0 Å². The standard InChI is InChI=1S/C14H17N3O2S2/c1-7-8(2)21-12-11(7)13(19)17(3)14(16-12)20-6-9-4-5-10(18)15-9/h9H,4-6H2,1-3H3,(H,15,18)/t9-/m0/s1. The minimum Gasteiger partial charge on any atom is -0.353 e. The van der Waals surface area contributed by atoms with Crippen molar-refractivity contribution in [2.24, 2.45) is 7.05 Å². The number of nitrogens with one attached hydrogen (secondary N) is 1. The van der Waals surface area contributed by atoms with Crippen LogP contribution in [-0.2, 0) is 11.8 Å². The van der Waals surface area contributed by atoms with E-state index in [0.717, 1.165) is 38.0 Å². The summed E-state index contributed by atoms with van der Waals surface area (Å²) in [7, 11) is 1.76. The smallest absolute Gasteiger partial charge is 0.262 e. The predicted molar refractivity (Wildman–Crippen MR) is 86.2 cm³/mol. The van der Waals surface area contributed by atoms with Gasteiger partial charge in [-0.3, -0.25) is 14.2 Å². The summed E-state index contributed by atoms with van der Waals surface area (Å²) in [5.74, 6) is 0.864. The molecule has 0 unspecified atom stereocenters. The highest BCUT2D eigenvalue weighted by Gasteiger charge is 2.22. The molecule has 1 atom stereocenters. The van der Waals surface area contributed by atoms with E-state index in [4.69, 9.17) is 0 Å². The number of thioether (sulfide) groups is 1. The fourth-order valence-corrected chi connectivity index (χ4v) is 4.57. The molecule has 21 heavy (non-hydrogen) atoms. The molecule has 0 radical (unpaired) electrons. The van der Waals surface area contributed by atoms with Gasteiger partial charge in [0.1, 0.15) is 4.83 Å². The second kappa shape index (κ2) is 5.46. The first-order valence-electron chi connectivity index (χ1n) is 6.86. The lowest BCUT2D eigenvalue weighted by Gasteiger charge is -2.11. The van der Waals surface area contributed by atoms with E-state index in [-0.39, 0.29) is 17.5 Å². The van der Waals surface area contributed by atoms with Gasteiger partial charge in [0, 0.05) is 30.1 Å². The summed E-state index contributed by atoms with van der Waals surface area (Å²) >= 11 is 3.10. The molecule has 1 fully saturated rings. The zero-order valence-electron chi connectivity index (χ0n) is 12.2. The molecule has 0 saturated carbocycles. The van der Waals surface area contributed by atoms with Crippen LogP contribution < -0.4 is 10.9 Å². The third-order valence-electron chi connectivity index (χ3n) is 3.87. The Labute approximate surface area is 130 Å². The SMILES string of the molecule is Cc1sc2nc(SC[C@@H]3CCC(=O)N3)n(C)c(=O)c2c1C. The number of carbonyl (C=O) groups is 1. The summed E-state index contributed by atoms with van der Waals surface area (Å²) in [5, 5.41) is 4.39.